The van der Waals surface area contributed by atoms with Gasteiger partial charge in [0, 0.05) is 31.0 Å². The number of nitrogens with zero attached hydrogens (tertiary/aromatic N) is 3. The molecule has 1 atom stereocenters. The van der Waals surface area contributed by atoms with E-state index in [1.165, 1.54) is 6.33 Å². The number of amides is 2. The number of hydrogen-bond donors (Lipinski definition) is 2. The van der Waals surface area contributed by atoms with Crippen LogP contribution in [-0.4, -0.2) is 45.0 Å². The third-order valence-corrected chi connectivity index (χ3v) is 5.55. The Kier molecular flexibility index (Phi) is 6.17. The summed E-state index contributed by atoms with van der Waals surface area (Å²) >= 11 is 0. The Morgan fingerprint density at radius 2 is 1.70 bits per heavy atom. The van der Waals surface area contributed by atoms with Gasteiger partial charge in [-0.2, -0.15) is 5.10 Å². The van der Waals surface area contributed by atoms with Crippen LogP contribution >= 0.6 is 0 Å². The largest absolute Gasteiger partial charge is 0.349 e. The fraction of sp³-hybridized carbons (Fsp3) is 0.304. The van der Waals surface area contributed by atoms with Crippen LogP contribution in [0.2, 0.25) is 0 Å². The summed E-state index contributed by atoms with van der Waals surface area (Å²) < 4.78 is 0. The zero-order valence-corrected chi connectivity index (χ0v) is 16.7. The van der Waals surface area contributed by atoms with Crippen molar-refractivity contribution in [2.24, 2.45) is 5.92 Å². The van der Waals surface area contributed by atoms with E-state index in [4.69, 9.17) is 0 Å². The highest BCUT2D eigenvalue weighted by molar-refractivity contribution is 5.94. The van der Waals surface area contributed by atoms with E-state index in [1.807, 2.05) is 65.6 Å². The molecule has 3 aromatic rings. The number of piperidine rings is 1. The maximum atomic E-state index is 13.0. The van der Waals surface area contributed by atoms with Gasteiger partial charge in [0.2, 0.25) is 5.91 Å². The van der Waals surface area contributed by atoms with E-state index in [2.05, 4.69) is 20.5 Å². The molecule has 0 saturated carbocycles. The number of aromatic amines is 1. The van der Waals surface area contributed by atoms with E-state index in [9.17, 15) is 9.59 Å². The van der Waals surface area contributed by atoms with Crippen molar-refractivity contribution in [1.82, 2.24) is 25.4 Å². The van der Waals surface area contributed by atoms with Crippen molar-refractivity contribution in [3.8, 4) is 0 Å². The molecule has 7 heteroatoms. The highest BCUT2D eigenvalue weighted by Gasteiger charge is 2.29. The minimum atomic E-state index is -0.185. The molecule has 0 spiro atoms. The number of rotatable bonds is 6. The van der Waals surface area contributed by atoms with Crippen molar-refractivity contribution in [3.63, 3.8) is 0 Å². The summed E-state index contributed by atoms with van der Waals surface area (Å²) in [6.45, 7) is 1.17. The predicted molar refractivity (Wildman–Crippen MR) is 112 cm³/mol. The van der Waals surface area contributed by atoms with Gasteiger partial charge in [0.25, 0.3) is 5.91 Å². The number of carbonyl (C=O) groups is 2. The molecule has 30 heavy (non-hydrogen) atoms. The summed E-state index contributed by atoms with van der Waals surface area (Å²) in [5, 5.41) is 9.96. The van der Waals surface area contributed by atoms with Gasteiger partial charge in [-0.15, -0.1) is 0 Å². The van der Waals surface area contributed by atoms with Crippen molar-refractivity contribution in [3.05, 3.63) is 83.9 Å². The average Bonchev–Trinajstić information content (AvgIpc) is 3.32. The van der Waals surface area contributed by atoms with Gasteiger partial charge in [0.1, 0.15) is 12.2 Å². The third kappa shape index (κ3) is 4.74. The Morgan fingerprint density at radius 1 is 1.03 bits per heavy atom. The van der Waals surface area contributed by atoms with E-state index in [0.717, 1.165) is 11.4 Å². The molecular formula is C23H25N5O2. The summed E-state index contributed by atoms with van der Waals surface area (Å²) in [6, 6.07) is 19.0. The van der Waals surface area contributed by atoms with Gasteiger partial charge < -0.3 is 10.2 Å². The lowest BCUT2D eigenvalue weighted by Crippen LogP contribution is -2.44. The maximum Gasteiger partial charge on any atom is 0.253 e. The van der Waals surface area contributed by atoms with E-state index in [0.29, 0.717) is 37.9 Å². The second kappa shape index (κ2) is 9.35. The van der Waals surface area contributed by atoms with Crippen LogP contribution < -0.4 is 5.32 Å². The quantitative estimate of drug-likeness (QED) is 0.662. The Bertz CT molecular complexity index is 952. The van der Waals surface area contributed by atoms with Gasteiger partial charge in [-0.05, 0) is 30.5 Å². The van der Waals surface area contributed by atoms with Crippen LogP contribution in [0, 0.1) is 5.92 Å². The lowest BCUT2D eigenvalue weighted by Gasteiger charge is -2.32. The monoisotopic (exact) mass is 403 g/mol. The molecule has 0 unspecified atom stereocenters. The first-order chi connectivity index (χ1) is 14.7. The van der Waals surface area contributed by atoms with Crippen LogP contribution in [0.4, 0.5) is 0 Å². The summed E-state index contributed by atoms with van der Waals surface area (Å²) in [4.78, 5) is 31.7. The summed E-state index contributed by atoms with van der Waals surface area (Å²) in [6.07, 6.45) is 3.34. The Hall–Kier alpha value is -3.48. The van der Waals surface area contributed by atoms with E-state index in [-0.39, 0.29) is 23.8 Å². The standard InChI is InChI=1S/C23H25N5O2/c29-22(18-11-13-28(14-12-18)23(30)19-9-5-2-6-10-19)26-20(15-21-24-16-25-27-21)17-7-3-1-4-8-17/h1-10,16,18,20H,11-15H2,(H,26,29)(H,24,25,27)/t20-/m0/s1. The van der Waals surface area contributed by atoms with Crippen molar-refractivity contribution < 1.29 is 9.59 Å². The highest BCUT2D eigenvalue weighted by atomic mass is 16.2. The first kappa shape index (κ1) is 19.8. The Morgan fingerprint density at radius 3 is 2.33 bits per heavy atom. The second-order valence-electron chi connectivity index (χ2n) is 7.54. The van der Waals surface area contributed by atoms with Crippen LogP contribution in [0.15, 0.2) is 67.0 Å². The average molecular weight is 403 g/mol. The number of hydrogen-bond acceptors (Lipinski definition) is 4. The zero-order valence-electron chi connectivity index (χ0n) is 16.7. The molecule has 2 amide bonds. The van der Waals surface area contributed by atoms with Crippen molar-refractivity contribution in [1.29, 1.82) is 0 Å². The number of H-pyrrole nitrogens is 1. The number of benzene rings is 2. The molecule has 2 N–H and O–H groups in total. The lowest BCUT2D eigenvalue weighted by atomic mass is 9.94. The van der Waals surface area contributed by atoms with Crippen LogP contribution in [0.3, 0.4) is 0 Å². The molecule has 0 radical (unpaired) electrons. The molecule has 1 aromatic heterocycles. The van der Waals surface area contributed by atoms with Crippen LogP contribution in [-0.2, 0) is 11.2 Å². The van der Waals surface area contributed by atoms with Crippen molar-refractivity contribution in [2.75, 3.05) is 13.1 Å². The molecule has 7 nitrogen and oxygen atoms in total. The summed E-state index contributed by atoms with van der Waals surface area (Å²) in [5.74, 6) is 0.676. The predicted octanol–water partition coefficient (Wildman–Crippen LogP) is 2.76. The van der Waals surface area contributed by atoms with Crippen LogP contribution in [0.1, 0.15) is 40.6 Å². The number of aromatic nitrogens is 3. The summed E-state index contributed by atoms with van der Waals surface area (Å²) in [7, 11) is 0. The smallest absolute Gasteiger partial charge is 0.253 e. The van der Waals surface area contributed by atoms with Crippen LogP contribution in [0.5, 0.6) is 0 Å². The molecule has 2 heterocycles. The molecule has 1 aliphatic heterocycles. The fourth-order valence-corrected chi connectivity index (χ4v) is 3.86. The topological polar surface area (TPSA) is 91.0 Å². The van der Waals surface area contributed by atoms with E-state index < -0.39 is 0 Å². The fourth-order valence-electron chi connectivity index (χ4n) is 3.86. The van der Waals surface area contributed by atoms with Gasteiger partial charge in [0.15, 0.2) is 0 Å². The van der Waals surface area contributed by atoms with E-state index in [1.54, 1.807) is 0 Å². The molecule has 1 saturated heterocycles. The Labute approximate surface area is 175 Å². The molecule has 2 aromatic carbocycles. The number of likely N-dealkylation sites (tertiary alicyclic amines) is 1. The Balaban J connectivity index is 1.37. The molecule has 1 fully saturated rings. The van der Waals surface area contributed by atoms with Crippen molar-refractivity contribution in [2.45, 2.75) is 25.3 Å². The van der Waals surface area contributed by atoms with E-state index >= 15 is 0 Å². The lowest BCUT2D eigenvalue weighted by molar-refractivity contribution is -0.127. The molecule has 0 aliphatic carbocycles. The van der Waals surface area contributed by atoms with Crippen LogP contribution in [0.25, 0.3) is 0 Å². The number of carbonyl (C=O) groups excluding carboxylic acids is 2. The molecular weight excluding hydrogens is 378 g/mol. The normalized spacial score (nSPS) is 15.5. The zero-order chi connectivity index (χ0) is 20.8. The molecule has 0 bridgehead atoms. The van der Waals surface area contributed by atoms with Gasteiger partial charge >= 0.3 is 0 Å². The molecule has 4 rings (SSSR count). The highest BCUT2D eigenvalue weighted by Crippen LogP contribution is 2.22. The van der Waals surface area contributed by atoms with Gasteiger partial charge in [-0.1, -0.05) is 48.5 Å². The van der Waals surface area contributed by atoms with Gasteiger partial charge in [0.05, 0.1) is 6.04 Å². The minimum absolute atomic E-state index is 0.0233. The second-order valence-corrected chi connectivity index (χ2v) is 7.54. The van der Waals surface area contributed by atoms with Crippen molar-refractivity contribution >= 4 is 11.8 Å². The minimum Gasteiger partial charge on any atom is -0.349 e. The SMILES string of the molecule is O=C(N[C@@H](Cc1ncn[nH]1)c1ccccc1)C1CCN(C(=O)c2ccccc2)CC1. The first-order valence-corrected chi connectivity index (χ1v) is 10.2. The maximum absolute atomic E-state index is 13.0. The first-order valence-electron chi connectivity index (χ1n) is 10.2. The number of nitrogens with one attached hydrogen (secondary N) is 2. The summed E-state index contributed by atoms with van der Waals surface area (Å²) in [5.41, 5.74) is 1.72. The van der Waals surface area contributed by atoms with Gasteiger partial charge in [-0.3, -0.25) is 14.7 Å². The third-order valence-electron chi connectivity index (χ3n) is 5.55. The molecule has 154 valence electrons. The van der Waals surface area contributed by atoms with Gasteiger partial charge in [-0.25, -0.2) is 4.98 Å². The molecule has 1 aliphatic rings.